The summed E-state index contributed by atoms with van der Waals surface area (Å²) in [6, 6.07) is 12.4. The van der Waals surface area contributed by atoms with Gasteiger partial charge in [0.15, 0.2) is 0 Å². The summed E-state index contributed by atoms with van der Waals surface area (Å²) in [6.45, 7) is 0.872. The maximum atomic E-state index is 9.37. The van der Waals surface area contributed by atoms with E-state index < -0.39 is 0 Å². The van der Waals surface area contributed by atoms with E-state index in [9.17, 15) is 5.26 Å². The molecule has 2 rings (SSSR count). The van der Waals surface area contributed by atoms with Gasteiger partial charge in [0.05, 0.1) is 11.3 Å². The lowest BCUT2D eigenvalue weighted by molar-refractivity contribution is 0.871. The van der Waals surface area contributed by atoms with E-state index in [4.69, 9.17) is 0 Å². The summed E-state index contributed by atoms with van der Waals surface area (Å²) in [4.78, 5) is 7.19. The Hall–Kier alpha value is -1.99. The van der Waals surface area contributed by atoms with Crippen molar-refractivity contribution in [2.75, 3.05) is 24.7 Å². The van der Waals surface area contributed by atoms with Gasteiger partial charge in [0, 0.05) is 30.9 Å². The number of benzene rings is 1. The van der Waals surface area contributed by atoms with Gasteiger partial charge in [-0.25, -0.2) is 0 Å². The number of likely N-dealkylation sites (N-methyl/N-ethyl adjacent to an activating group) is 1. The fraction of sp³-hybridized carbons (Fsp3) is 0.250. The minimum absolute atomic E-state index is 0.761. The SMILES string of the molecule is CSc1cccc(N(C)CCc2ccncc2)c1C#N. The van der Waals surface area contributed by atoms with Crippen LogP contribution in [0, 0.1) is 11.3 Å². The molecular formula is C16H17N3S. The Morgan fingerprint density at radius 2 is 2.00 bits per heavy atom. The zero-order valence-corrected chi connectivity index (χ0v) is 12.5. The minimum Gasteiger partial charge on any atom is -0.373 e. The molecule has 0 saturated carbocycles. The van der Waals surface area contributed by atoms with Gasteiger partial charge in [-0.3, -0.25) is 4.98 Å². The van der Waals surface area contributed by atoms with Crippen LogP contribution in [0.25, 0.3) is 0 Å². The first-order valence-corrected chi connectivity index (χ1v) is 7.66. The summed E-state index contributed by atoms with van der Waals surface area (Å²) in [5.41, 5.74) is 3.01. The molecule has 0 unspecified atom stereocenters. The van der Waals surface area contributed by atoms with Crippen molar-refractivity contribution in [3.8, 4) is 6.07 Å². The molecule has 0 N–H and O–H groups in total. The first kappa shape index (κ1) is 14.4. The molecule has 0 atom stereocenters. The second-order valence-electron chi connectivity index (χ2n) is 4.49. The molecule has 3 nitrogen and oxygen atoms in total. The third kappa shape index (κ3) is 3.31. The van der Waals surface area contributed by atoms with E-state index in [0.717, 1.165) is 29.1 Å². The van der Waals surface area contributed by atoms with Crippen molar-refractivity contribution in [3.05, 3.63) is 53.9 Å². The number of pyridine rings is 1. The Morgan fingerprint density at radius 3 is 2.65 bits per heavy atom. The van der Waals surface area contributed by atoms with Crippen LogP contribution in [0.4, 0.5) is 5.69 Å². The molecule has 1 aromatic carbocycles. The van der Waals surface area contributed by atoms with E-state index in [-0.39, 0.29) is 0 Å². The summed E-state index contributed by atoms with van der Waals surface area (Å²) in [7, 11) is 2.03. The van der Waals surface area contributed by atoms with E-state index in [2.05, 4.69) is 16.0 Å². The lowest BCUT2D eigenvalue weighted by Gasteiger charge is -2.21. The van der Waals surface area contributed by atoms with Gasteiger partial charge in [0.2, 0.25) is 0 Å². The number of anilines is 1. The van der Waals surface area contributed by atoms with Gasteiger partial charge in [-0.1, -0.05) is 6.07 Å². The summed E-state index contributed by atoms with van der Waals surface area (Å²) in [5.74, 6) is 0. The highest BCUT2D eigenvalue weighted by Gasteiger charge is 2.11. The van der Waals surface area contributed by atoms with Gasteiger partial charge in [0.25, 0.3) is 0 Å². The second-order valence-corrected chi connectivity index (χ2v) is 5.34. The van der Waals surface area contributed by atoms with Crippen LogP contribution in [-0.4, -0.2) is 24.8 Å². The van der Waals surface area contributed by atoms with Gasteiger partial charge < -0.3 is 4.90 Å². The van der Waals surface area contributed by atoms with E-state index in [1.165, 1.54) is 5.56 Å². The number of hydrogen-bond donors (Lipinski definition) is 0. The van der Waals surface area contributed by atoms with E-state index >= 15 is 0 Å². The number of nitriles is 1. The summed E-state index contributed by atoms with van der Waals surface area (Å²) >= 11 is 1.61. The molecule has 0 amide bonds. The van der Waals surface area contributed by atoms with Gasteiger partial charge in [-0.2, -0.15) is 5.26 Å². The van der Waals surface area contributed by atoms with Crippen LogP contribution in [0.15, 0.2) is 47.6 Å². The van der Waals surface area contributed by atoms with Crippen molar-refractivity contribution < 1.29 is 0 Å². The summed E-state index contributed by atoms with van der Waals surface area (Å²) < 4.78 is 0. The minimum atomic E-state index is 0.761. The number of rotatable bonds is 5. The predicted molar refractivity (Wildman–Crippen MR) is 84.1 cm³/mol. The summed E-state index contributed by atoms with van der Waals surface area (Å²) in [5, 5.41) is 9.37. The highest BCUT2D eigenvalue weighted by atomic mass is 32.2. The van der Waals surface area contributed by atoms with E-state index in [0.29, 0.717) is 0 Å². The number of nitrogens with zero attached hydrogens (tertiary/aromatic N) is 3. The molecule has 0 radical (unpaired) electrons. The van der Waals surface area contributed by atoms with Crippen molar-refractivity contribution in [3.63, 3.8) is 0 Å². The lowest BCUT2D eigenvalue weighted by Crippen LogP contribution is -2.21. The Morgan fingerprint density at radius 1 is 1.25 bits per heavy atom. The molecule has 0 bridgehead atoms. The molecule has 0 fully saturated rings. The molecular weight excluding hydrogens is 266 g/mol. The topological polar surface area (TPSA) is 39.9 Å². The molecule has 1 aromatic heterocycles. The Bertz CT molecular complexity index is 605. The van der Waals surface area contributed by atoms with Crippen LogP contribution in [0.5, 0.6) is 0 Å². The Labute approximate surface area is 124 Å². The average molecular weight is 283 g/mol. The van der Waals surface area contributed by atoms with Gasteiger partial charge in [-0.15, -0.1) is 11.8 Å². The quantitative estimate of drug-likeness (QED) is 0.789. The maximum absolute atomic E-state index is 9.37. The molecule has 0 aliphatic rings. The molecule has 2 aromatic rings. The van der Waals surface area contributed by atoms with Crippen LogP contribution in [0.1, 0.15) is 11.1 Å². The first-order valence-electron chi connectivity index (χ1n) is 6.43. The number of hydrogen-bond acceptors (Lipinski definition) is 4. The average Bonchev–Trinajstić information content (AvgIpc) is 2.52. The lowest BCUT2D eigenvalue weighted by atomic mass is 10.1. The van der Waals surface area contributed by atoms with Crippen LogP contribution in [-0.2, 0) is 6.42 Å². The third-order valence-electron chi connectivity index (χ3n) is 3.23. The van der Waals surface area contributed by atoms with Gasteiger partial charge in [-0.05, 0) is 42.5 Å². The fourth-order valence-electron chi connectivity index (χ4n) is 2.09. The van der Waals surface area contributed by atoms with Crippen molar-refractivity contribution in [1.82, 2.24) is 4.98 Å². The second kappa shape index (κ2) is 6.97. The first-order chi connectivity index (χ1) is 9.76. The molecule has 20 heavy (non-hydrogen) atoms. The third-order valence-corrected chi connectivity index (χ3v) is 4.01. The van der Waals surface area contributed by atoms with Crippen molar-refractivity contribution in [2.24, 2.45) is 0 Å². The number of aromatic nitrogens is 1. The van der Waals surface area contributed by atoms with Crippen molar-refractivity contribution in [2.45, 2.75) is 11.3 Å². The predicted octanol–water partition coefficient (Wildman–Crippen LogP) is 3.35. The van der Waals surface area contributed by atoms with Gasteiger partial charge >= 0.3 is 0 Å². The van der Waals surface area contributed by atoms with Crippen LogP contribution in [0.3, 0.4) is 0 Å². The van der Waals surface area contributed by atoms with Crippen LogP contribution in [0.2, 0.25) is 0 Å². The molecule has 0 spiro atoms. The molecule has 1 heterocycles. The normalized spacial score (nSPS) is 10.1. The van der Waals surface area contributed by atoms with Crippen LogP contribution >= 0.6 is 11.8 Å². The summed E-state index contributed by atoms with van der Waals surface area (Å²) in [6.07, 6.45) is 6.55. The van der Waals surface area contributed by atoms with Crippen LogP contribution < -0.4 is 4.90 Å². The zero-order valence-electron chi connectivity index (χ0n) is 11.7. The highest BCUT2D eigenvalue weighted by molar-refractivity contribution is 7.98. The zero-order chi connectivity index (χ0) is 14.4. The Kier molecular flexibility index (Phi) is 5.03. The van der Waals surface area contributed by atoms with Gasteiger partial charge in [0.1, 0.15) is 6.07 Å². The monoisotopic (exact) mass is 283 g/mol. The fourth-order valence-corrected chi connectivity index (χ4v) is 2.66. The standard InChI is InChI=1S/C16H17N3S/c1-19(11-8-13-6-9-18-10-7-13)15-4-3-5-16(20-2)14(15)12-17/h3-7,9-10H,8,11H2,1-2H3. The molecule has 0 saturated heterocycles. The Balaban J connectivity index is 2.13. The maximum Gasteiger partial charge on any atom is 0.102 e. The smallest absolute Gasteiger partial charge is 0.102 e. The molecule has 0 aliphatic carbocycles. The van der Waals surface area contributed by atoms with E-state index in [1.807, 2.05) is 56.0 Å². The highest BCUT2D eigenvalue weighted by Crippen LogP contribution is 2.28. The molecule has 0 aliphatic heterocycles. The van der Waals surface area contributed by atoms with Crippen molar-refractivity contribution >= 4 is 17.4 Å². The number of thioether (sulfide) groups is 1. The molecule has 102 valence electrons. The van der Waals surface area contributed by atoms with Crippen molar-refractivity contribution in [1.29, 1.82) is 5.26 Å². The molecule has 4 heteroatoms. The largest absolute Gasteiger partial charge is 0.373 e. The van der Waals surface area contributed by atoms with E-state index in [1.54, 1.807) is 11.8 Å².